The number of carboxylic acid groups (broad SMARTS) is 1. The lowest BCUT2D eigenvalue weighted by Crippen LogP contribution is -2.09. The fourth-order valence-electron chi connectivity index (χ4n) is 1.98. The first-order valence-electron chi connectivity index (χ1n) is 5.58. The molecule has 1 atom stereocenters. The van der Waals surface area contributed by atoms with Gasteiger partial charge in [-0.1, -0.05) is 11.3 Å². The Kier molecular flexibility index (Phi) is 2.75. The predicted molar refractivity (Wildman–Crippen MR) is 60.8 cm³/mol. The third-order valence-corrected chi connectivity index (χ3v) is 2.85. The Hall–Kier alpha value is -2.64. The van der Waals surface area contributed by atoms with E-state index in [4.69, 9.17) is 14.6 Å². The normalized spacial score (nSPS) is 14.3. The van der Waals surface area contributed by atoms with Crippen molar-refractivity contribution in [3.05, 3.63) is 29.6 Å². The van der Waals surface area contributed by atoms with Gasteiger partial charge in [0.1, 0.15) is 0 Å². The van der Waals surface area contributed by atoms with E-state index in [1.54, 1.807) is 18.2 Å². The summed E-state index contributed by atoms with van der Waals surface area (Å²) in [5.41, 5.74) is 0.744. The number of benzene rings is 1. The minimum Gasteiger partial charge on any atom is -0.481 e. The van der Waals surface area contributed by atoms with E-state index in [1.165, 1.54) is 0 Å². The summed E-state index contributed by atoms with van der Waals surface area (Å²) in [4.78, 5) is 11.0. The Morgan fingerprint density at radius 3 is 3.00 bits per heavy atom. The fraction of sp³-hybridized carbons (Fsp3) is 0.273. The summed E-state index contributed by atoms with van der Waals surface area (Å²) in [6.07, 6.45) is -0.126. The van der Waals surface area contributed by atoms with Gasteiger partial charge in [-0.05, 0) is 17.7 Å². The highest BCUT2D eigenvalue weighted by Crippen LogP contribution is 2.36. The minimum atomic E-state index is -0.938. The quantitative estimate of drug-likeness (QED) is 0.827. The van der Waals surface area contributed by atoms with Gasteiger partial charge in [-0.3, -0.25) is 4.79 Å². The van der Waals surface area contributed by atoms with Crippen molar-refractivity contribution in [2.75, 3.05) is 6.79 Å². The molecule has 0 fully saturated rings. The molecule has 19 heavy (non-hydrogen) atoms. The Labute approximate surface area is 107 Å². The summed E-state index contributed by atoms with van der Waals surface area (Å²) in [5.74, 6) is 0.154. The topological polar surface area (TPSA) is 110 Å². The van der Waals surface area contributed by atoms with Crippen LogP contribution in [-0.4, -0.2) is 38.5 Å². The molecule has 8 heteroatoms. The number of aromatic nitrogens is 4. The van der Waals surface area contributed by atoms with Crippen LogP contribution < -0.4 is 9.47 Å². The number of fused-ring (bicyclic) bond motifs is 1. The van der Waals surface area contributed by atoms with Crippen molar-refractivity contribution in [3.8, 4) is 11.5 Å². The molecular weight excluding hydrogens is 252 g/mol. The van der Waals surface area contributed by atoms with E-state index >= 15 is 0 Å². The van der Waals surface area contributed by atoms with Gasteiger partial charge in [0.05, 0.1) is 12.3 Å². The van der Waals surface area contributed by atoms with Crippen molar-refractivity contribution in [1.82, 2.24) is 20.6 Å². The average molecular weight is 262 g/mol. The van der Waals surface area contributed by atoms with Gasteiger partial charge < -0.3 is 14.6 Å². The number of nitrogens with one attached hydrogen (secondary N) is 1. The largest absolute Gasteiger partial charge is 0.481 e. The SMILES string of the molecule is O=C(O)CC(c1ccc2c(c1)OCO2)c1nn[nH]n1. The number of H-pyrrole nitrogens is 1. The number of hydrogen-bond donors (Lipinski definition) is 2. The molecule has 1 aliphatic heterocycles. The Morgan fingerprint density at radius 2 is 2.26 bits per heavy atom. The molecular formula is C11H10N4O4. The molecule has 0 amide bonds. The molecule has 0 saturated heterocycles. The zero-order valence-corrected chi connectivity index (χ0v) is 9.74. The first-order valence-corrected chi connectivity index (χ1v) is 5.58. The number of ether oxygens (including phenoxy) is 2. The van der Waals surface area contributed by atoms with E-state index in [-0.39, 0.29) is 13.2 Å². The standard InChI is InChI=1S/C11H10N4O4/c16-10(17)4-7(11-12-14-15-13-11)6-1-2-8-9(3-6)19-5-18-8/h1-3,7H,4-5H2,(H,16,17)(H,12,13,14,15). The van der Waals surface area contributed by atoms with Gasteiger partial charge in [0, 0.05) is 0 Å². The summed E-state index contributed by atoms with van der Waals surface area (Å²) in [6, 6.07) is 5.26. The molecule has 0 spiro atoms. The molecule has 0 radical (unpaired) electrons. The van der Waals surface area contributed by atoms with Gasteiger partial charge >= 0.3 is 5.97 Å². The number of rotatable bonds is 4. The van der Waals surface area contributed by atoms with Gasteiger partial charge in [0.2, 0.25) is 6.79 Å². The Morgan fingerprint density at radius 1 is 1.42 bits per heavy atom. The lowest BCUT2D eigenvalue weighted by molar-refractivity contribution is -0.137. The first-order chi connectivity index (χ1) is 9.24. The van der Waals surface area contributed by atoms with E-state index in [2.05, 4.69) is 20.6 Å². The maximum absolute atomic E-state index is 11.0. The third kappa shape index (κ3) is 2.19. The number of aliphatic carboxylic acids is 1. The average Bonchev–Trinajstić information content (AvgIpc) is 3.06. The molecule has 8 nitrogen and oxygen atoms in total. The molecule has 1 aromatic heterocycles. The van der Waals surface area contributed by atoms with Gasteiger partial charge in [0.25, 0.3) is 0 Å². The second-order valence-electron chi connectivity index (χ2n) is 4.03. The lowest BCUT2D eigenvalue weighted by atomic mass is 9.94. The molecule has 2 N–H and O–H groups in total. The maximum Gasteiger partial charge on any atom is 0.304 e. The predicted octanol–water partition coefficient (Wildman–Crippen LogP) is 0.535. The number of carbonyl (C=O) groups is 1. The zero-order valence-electron chi connectivity index (χ0n) is 9.74. The Bertz CT molecular complexity index is 599. The molecule has 1 aliphatic rings. The maximum atomic E-state index is 11.0. The molecule has 1 aromatic carbocycles. The minimum absolute atomic E-state index is 0.126. The van der Waals surface area contributed by atoms with E-state index < -0.39 is 11.9 Å². The van der Waals surface area contributed by atoms with E-state index in [1.807, 2.05) is 0 Å². The molecule has 2 heterocycles. The Balaban J connectivity index is 1.97. The molecule has 0 saturated carbocycles. The highest BCUT2D eigenvalue weighted by atomic mass is 16.7. The summed E-state index contributed by atoms with van der Waals surface area (Å²) >= 11 is 0. The van der Waals surface area contributed by atoms with Crippen molar-refractivity contribution in [1.29, 1.82) is 0 Å². The number of aromatic amines is 1. The van der Waals surface area contributed by atoms with E-state index in [9.17, 15) is 4.79 Å². The molecule has 98 valence electrons. The van der Waals surface area contributed by atoms with Crippen molar-refractivity contribution >= 4 is 5.97 Å². The monoisotopic (exact) mass is 262 g/mol. The smallest absolute Gasteiger partial charge is 0.304 e. The van der Waals surface area contributed by atoms with E-state index in [0.29, 0.717) is 17.3 Å². The second-order valence-corrected chi connectivity index (χ2v) is 4.03. The van der Waals surface area contributed by atoms with Crippen LogP contribution in [-0.2, 0) is 4.79 Å². The van der Waals surface area contributed by atoms with Gasteiger partial charge in [-0.15, -0.1) is 10.2 Å². The number of hydrogen-bond acceptors (Lipinski definition) is 6. The van der Waals surface area contributed by atoms with Crippen LogP contribution in [0.15, 0.2) is 18.2 Å². The molecule has 2 aromatic rings. The van der Waals surface area contributed by atoms with Crippen LogP contribution in [0.1, 0.15) is 23.7 Å². The van der Waals surface area contributed by atoms with Crippen molar-refractivity contribution in [3.63, 3.8) is 0 Å². The van der Waals surface area contributed by atoms with Gasteiger partial charge in [-0.25, -0.2) is 0 Å². The molecule has 0 aliphatic carbocycles. The second kappa shape index (κ2) is 4.56. The van der Waals surface area contributed by atoms with Crippen LogP contribution in [0, 0.1) is 0 Å². The van der Waals surface area contributed by atoms with Crippen LogP contribution in [0.5, 0.6) is 11.5 Å². The lowest BCUT2D eigenvalue weighted by Gasteiger charge is -2.11. The summed E-state index contributed by atoms with van der Waals surface area (Å²) in [5, 5.41) is 22.5. The first kappa shape index (κ1) is 11.5. The van der Waals surface area contributed by atoms with Crippen LogP contribution in [0.4, 0.5) is 0 Å². The highest BCUT2D eigenvalue weighted by molar-refractivity contribution is 5.69. The third-order valence-electron chi connectivity index (χ3n) is 2.85. The highest BCUT2D eigenvalue weighted by Gasteiger charge is 2.24. The summed E-state index contributed by atoms with van der Waals surface area (Å²) < 4.78 is 10.5. The number of tetrazole rings is 1. The van der Waals surface area contributed by atoms with Crippen LogP contribution in [0.3, 0.4) is 0 Å². The zero-order chi connectivity index (χ0) is 13.2. The number of nitrogens with zero attached hydrogens (tertiary/aromatic N) is 3. The van der Waals surface area contributed by atoms with Gasteiger partial charge in [0.15, 0.2) is 17.3 Å². The molecule has 1 unspecified atom stereocenters. The van der Waals surface area contributed by atoms with Crippen molar-refractivity contribution in [2.45, 2.75) is 12.3 Å². The van der Waals surface area contributed by atoms with Gasteiger partial charge in [-0.2, -0.15) is 5.21 Å². The summed E-state index contributed by atoms with van der Waals surface area (Å²) in [6.45, 7) is 0.171. The van der Waals surface area contributed by atoms with Crippen molar-refractivity contribution < 1.29 is 19.4 Å². The summed E-state index contributed by atoms with van der Waals surface area (Å²) in [7, 11) is 0. The molecule has 0 bridgehead atoms. The number of carboxylic acids is 1. The van der Waals surface area contributed by atoms with E-state index in [0.717, 1.165) is 5.56 Å². The fourth-order valence-corrected chi connectivity index (χ4v) is 1.98. The van der Waals surface area contributed by atoms with Crippen LogP contribution >= 0.6 is 0 Å². The van der Waals surface area contributed by atoms with Crippen LogP contribution in [0.25, 0.3) is 0 Å². The van der Waals surface area contributed by atoms with Crippen LogP contribution in [0.2, 0.25) is 0 Å². The molecule has 3 rings (SSSR count). The van der Waals surface area contributed by atoms with Crippen molar-refractivity contribution in [2.24, 2.45) is 0 Å².